The van der Waals surface area contributed by atoms with Crippen molar-refractivity contribution in [3.63, 3.8) is 0 Å². The van der Waals surface area contributed by atoms with E-state index in [1.54, 1.807) is 13.0 Å². The van der Waals surface area contributed by atoms with Crippen LogP contribution >= 0.6 is 15.9 Å². The van der Waals surface area contributed by atoms with Crippen LogP contribution in [-0.2, 0) is 4.79 Å². The maximum Gasteiger partial charge on any atom is 0.336 e. The molecule has 20 heavy (non-hydrogen) atoms. The highest BCUT2D eigenvalue weighted by Gasteiger charge is 2.22. The number of halogens is 1. The van der Waals surface area contributed by atoms with Gasteiger partial charge in [-0.3, -0.25) is 4.79 Å². The van der Waals surface area contributed by atoms with Crippen molar-refractivity contribution in [2.75, 3.05) is 31.1 Å². The van der Waals surface area contributed by atoms with E-state index in [4.69, 9.17) is 0 Å². The van der Waals surface area contributed by atoms with E-state index >= 15 is 0 Å². The first-order valence-electron chi connectivity index (χ1n) is 6.44. The number of carbonyl (C=O) groups excluding carboxylic acids is 1. The van der Waals surface area contributed by atoms with E-state index in [1.165, 1.54) is 0 Å². The number of aromatic carboxylic acids is 1. The number of carboxylic acid groups (broad SMARTS) is 1. The fourth-order valence-corrected chi connectivity index (χ4v) is 2.92. The van der Waals surface area contributed by atoms with Crippen LogP contribution in [0.3, 0.4) is 0 Å². The first-order chi connectivity index (χ1) is 9.40. The molecule has 1 aliphatic heterocycles. The molecular weight excluding hydrogens is 324 g/mol. The first-order valence-corrected chi connectivity index (χ1v) is 7.23. The van der Waals surface area contributed by atoms with Crippen molar-refractivity contribution in [3.05, 3.63) is 27.7 Å². The Labute approximate surface area is 126 Å². The third kappa shape index (κ3) is 2.95. The minimum atomic E-state index is -0.924. The first kappa shape index (κ1) is 14.8. The highest BCUT2D eigenvalue weighted by atomic mass is 79.9. The molecule has 1 N–H and O–H groups in total. The second-order valence-electron chi connectivity index (χ2n) is 4.90. The molecule has 0 aromatic heterocycles. The Bertz CT molecular complexity index is 552. The van der Waals surface area contributed by atoms with Gasteiger partial charge >= 0.3 is 5.97 Å². The van der Waals surface area contributed by atoms with E-state index in [0.717, 1.165) is 28.8 Å². The van der Waals surface area contributed by atoms with E-state index < -0.39 is 5.97 Å². The predicted molar refractivity (Wildman–Crippen MR) is 80.3 cm³/mol. The van der Waals surface area contributed by atoms with Crippen LogP contribution in [0.25, 0.3) is 0 Å². The lowest BCUT2D eigenvalue weighted by molar-refractivity contribution is -0.129. The zero-order valence-electron chi connectivity index (χ0n) is 11.5. The molecule has 0 atom stereocenters. The zero-order chi connectivity index (χ0) is 14.9. The lowest BCUT2D eigenvalue weighted by atomic mass is 10.1. The van der Waals surface area contributed by atoms with E-state index in [0.29, 0.717) is 18.7 Å². The number of carbonyl (C=O) groups is 2. The second kappa shape index (κ2) is 5.83. The Balaban J connectivity index is 2.26. The summed E-state index contributed by atoms with van der Waals surface area (Å²) in [5.41, 5.74) is 1.99. The van der Waals surface area contributed by atoms with Gasteiger partial charge in [0.05, 0.1) is 5.56 Å². The third-order valence-electron chi connectivity index (χ3n) is 3.64. The molecule has 6 heteroatoms. The van der Waals surface area contributed by atoms with Crippen molar-refractivity contribution < 1.29 is 14.7 Å². The molecule has 0 radical (unpaired) electrons. The number of hydrogen-bond acceptors (Lipinski definition) is 3. The third-order valence-corrected chi connectivity index (χ3v) is 4.10. The van der Waals surface area contributed by atoms with Gasteiger partial charge in [-0.25, -0.2) is 4.79 Å². The van der Waals surface area contributed by atoms with Crippen LogP contribution in [-0.4, -0.2) is 48.1 Å². The maximum absolute atomic E-state index is 11.3. The highest BCUT2D eigenvalue weighted by Crippen LogP contribution is 2.29. The summed E-state index contributed by atoms with van der Waals surface area (Å²) in [6.45, 7) is 6.17. The fourth-order valence-electron chi connectivity index (χ4n) is 2.48. The summed E-state index contributed by atoms with van der Waals surface area (Å²) >= 11 is 3.36. The van der Waals surface area contributed by atoms with Crippen molar-refractivity contribution in [2.45, 2.75) is 13.8 Å². The maximum atomic E-state index is 11.3. The normalized spacial score (nSPS) is 15.3. The van der Waals surface area contributed by atoms with Crippen molar-refractivity contribution in [2.24, 2.45) is 0 Å². The summed E-state index contributed by atoms with van der Waals surface area (Å²) in [5.74, 6) is -0.839. The largest absolute Gasteiger partial charge is 0.478 e. The molecule has 0 aliphatic carbocycles. The van der Waals surface area contributed by atoms with Crippen LogP contribution < -0.4 is 4.90 Å². The molecule has 1 aromatic rings. The number of amides is 1. The summed E-state index contributed by atoms with van der Waals surface area (Å²) in [7, 11) is 0. The molecule has 108 valence electrons. The van der Waals surface area contributed by atoms with Gasteiger partial charge in [0, 0.05) is 43.3 Å². The topological polar surface area (TPSA) is 60.9 Å². The Morgan fingerprint density at radius 1 is 1.20 bits per heavy atom. The minimum absolute atomic E-state index is 0.0850. The van der Waals surface area contributed by atoms with Crippen molar-refractivity contribution in [1.82, 2.24) is 4.90 Å². The molecule has 0 unspecified atom stereocenters. The van der Waals surface area contributed by atoms with Crippen LogP contribution in [0, 0.1) is 6.92 Å². The second-order valence-corrected chi connectivity index (χ2v) is 5.81. The van der Waals surface area contributed by atoms with Gasteiger partial charge in [0.2, 0.25) is 5.91 Å². The lowest BCUT2D eigenvalue weighted by Crippen LogP contribution is -2.48. The average Bonchev–Trinajstić information content (AvgIpc) is 2.41. The van der Waals surface area contributed by atoms with Crippen LogP contribution in [0.4, 0.5) is 5.69 Å². The van der Waals surface area contributed by atoms with Gasteiger partial charge in [0.1, 0.15) is 0 Å². The molecule has 1 amide bonds. The molecule has 2 rings (SSSR count). The van der Waals surface area contributed by atoms with Crippen LogP contribution in [0.15, 0.2) is 16.6 Å². The van der Waals surface area contributed by atoms with E-state index in [2.05, 4.69) is 20.8 Å². The number of hydrogen-bond donors (Lipinski definition) is 1. The number of rotatable bonds is 2. The number of nitrogens with zero attached hydrogens (tertiary/aromatic N) is 2. The quantitative estimate of drug-likeness (QED) is 0.895. The number of benzene rings is 1. The Morgan fingerprint density at radius 2 is 1.80 bits per heavy atom. The van der Waals surface area contributed by atoms with Gasteiger partial charge in [-0.2, -0.15) is 0 Å². The summed E-state index contributed by atoms with van der Waals surface area (Å²) < 4.78 is 0.754. The van der Waals surface area contributed by atoms with Gasteiger partial charge in [0.25, 0.3) is 0 Å². The van der Waals surface area contributed by atoms with Gasteiger partial charge in [-0.15, -0.1) is 0 Å². The van der Waals surface area contributed by atoms with Crippen molar-refractivity contribution >= 4 is 33.5 Å². The van der Waals surface area contributed by atoms with Gasteiger partial charge in [-0.05, 0) is 24.6 Å². The predicted octanol–water partition coefficient (Wildman–Crippen LogP) is 2.12. The molecule has 0 bridgehead atoms. The lowest BCUT2D eigenvalue weighted by Gasteiger charge is -2.36. The summed E-state index contributed by atoms with van der Waals surface area (Å²) in [6.07, 6.45) is 0. The molecule has 1 heterocycles. The number of carboxylic acids is 1. The van der Waals surface area contributed by atoms with Gasteiger partial charge in [-0.1, -0.05) is 15.9 Å². The van der Waals surface area contributed by atoms with Crippen LogP contribution in [0.2, 0.25) is 0 Å². The molecule has 1 aliphatic rings. The molecular formula is C14H17BrN2O3. The molecule has 0 spiro atoms. The SMILES string of the molecule is CC(=O)N1CCN(c2cc(Br)cc(C(=O)O)c2C)CC1. The van der Waals surface area contributed by atoms with E-state index in [-0.39, 0.29) is 5.91 Å². The Hall–Kier alpha value is -1.56. The molecule has 1 saturated heterocycles. The van der Waals surface area contributed by atoms with Gasteiger partial charge in [0.15, 0.2) is 0 Å². The Morgan fingerprint density at radius 3 is 2.30 bits per heavy atom. The highest BCUT2D eigenvalue weighted by molar-refractivity contribution is 9.10. The summed E-state index contributed by atoms with van der Waals surface area (Å²) in [4.78, 5) is 26.5. The van der Waals surface area contributed by atoms with Crippen LogP contribution in [0.5, 0.6) is 0 Å². The fraction of sp³-hybridized carbons (Fsp3) is 0.429. The minimum Gasteiger partial charge on any atom is -0.478 e. The van der Waals surface area contributed by atoms with Gasteiger partial charge < -0.3 is 14.9 Å². The van der Waals surface area contributed by atoms with Crippen molar-refractivity contribution in [3.8, 4) is 0 Å². The molecule has 0 saturated carbocycles. The summed E-state index contributed by atoms with van der Waals surface area (Å²) in [5, 5.41) is 9.24. The number of anilines is 1. The standard InChI is InChI=1S/C14H17BrN2O3/c1-9-12(14(19)20)7-11(15)8-13(9)17-5-3-16(4-6-17)10(2)18/h7-8H,3-6H2,1-2H3,(H,19,20). The van der Waals surface area contributed by atoms with E-state index in [9.17, 15) is 14.7 Å². The average molecular weight is 341 g/mol. The van der Waals surface area contributed by atoms with Crippen LogP contribution in [0.1, 0.15) is 22.8 Å². The summed E-state index contributed by atoms with van der Waals surface area (Å²) in [6, 6.07) is 3.55. The zero-order valence-corrected chi connectivity index (χ0v) is 13.1. The number of piperazine rings is 1. The molecule has 1 fully saturated rings. The monoisotopic (exact) mass is 340 g/mol. The smallest absolute Gasteiger partial charge is 0.336 e. The van der Waals surface area contributed by atoms with Crippen molar-refractivity contribution in [1.29, 1.82) is 0 Å². The molecule has 1 aromatic carbocycles. The van der Waals surface area contributed by atoms with E-state index in [1.807, 2.05) is 17.9 Å². The Kier molecular flexibility index (Phi) is 4.32. The molecule has 5 nitrogen and oxygen atoms in total.